The lowest BCUT2D eigenvalue weighted by atomic mass is 10.1. The highest BCUT2D eigenvalue weighted by molar-refractivity contribution is 5.89. The van der Waals surface area contributed by atoms with Crippen LogP contribution in [0.25, 0.3) is 0 Å². The molecular weight excluding hydrogens is 346 g/mol. The standard InChI is InChI=1S/C20H23N3O4/c1-26-20(24)15-5-8-19(21-14-15)22-9-12-27-18-13-16(6-7-17(18)22)23(25)10-3-2-4-11-23/h5-8,13-14H,2-4,9-12H2,1H3. The maximum Gasteiger partial charge on any atom is 0.339 e. The number of methoxy groups -OCH3 is 1. The van der Waals surface area contributed by atoms with Gasteiger partial charge < -0.3 is 24.2 Å². The number of anilines is 2. The van der Waals surface area contributed by atoms with Crippen molar-refractivity contribution < 1.29 is 14.3 Å². The third kappa shape index (κ3) is 3.36. The van der Waals surface area contributed by atoms with E-state index in [4.69, 9.17) is 9.47 Å². The number of hydrogen-bond donors (Lipinski definition) is 0. The van der Waals surface area contributed by atoms with Gasteiger partial charge in [-0.05, 0) is 37.5 Å². The summed E-state index contributed by atoms with van der Waals surface area (Å²) in [5, 5.41) is 13.1. The van der Waals surface area contributed by atoms with E-state index in [-0.39, 0.29) is 4.65 Å². The Balaban J connectivity index is 1.63. The molecule has 0 amide bonds. The predicted molar refractivity (Wildman–Crippen MR) is 103 cm³/mol. The normalized spacial score (nSPS) is 18.4. The Morgan fingerprint density at radius 2 is 2.04 bits per heavy atom. The molecule has 7 nitrogen and oxygen atoms in total. The second-order valence-corrected chi connectivity index (χ2v) is 6.95. The molecule has 3 heterocycles. The van der Waals surface area contributed by atoms with E-state index in [2.05, 4.69) is 4.98 Å². The number of nitrogens with zero attached hydrogens (tertiary/aromatic N) is 3. The van der Waals surface area contributed by atoms with Crippen molar-refractivity contribution in [3.8, 4) is 5.75 Å². The van der Waals surface area contributed by atoms with Crippen LogP contribution in [0.3, 0.4) is 0 Å². The summed E-state index contributed by atoms with van der Waals surface area (Å²) in [6.45, 7) is 2.40. The molecule has 7 heteroatoms. The van der Waals surface area contributed by atoms with Crippen molar-refractivity contribution in [2.24, 2.45) is 0 Å². The first kappa shape index (κ1) is 17.8. The summed E-state index contributed by atoms with van der Waals surface area (Å²) in [6, 6.07) is 9.21. The summed E-state index contributed by atoms with van der Waals surface area (Å²) < 4.78 is 10.3. The number of hydroxylamine groups is 2. The van der Waals surface area contributed by atoms with Crippen LogP contribution in [-0.2, 0) is 4.74 Å². The van der Waals surface area contributed by atoms with Gasteiger partial charge in [0.15, 0.2) is 0 Å². The van der Waals surface area contributed by atoms with Gasteiger partial charge in [0.25, 0.3) is 0 Å². The van der Waals surface area contributed by atoms with Crippen LogP contribution in [0.4, 0.5) is 17.2 Å². The Labute approximate surface area is 158 Å². The van der Waals surface area contributed by atoms with Gasteiger partial charge in [0.2, 0.25) is 0 Å². The minimum absolute atomic E-state index is 0.275. The second kappa shape index (κ2) is 7.17. The number of benzene rings is 1. The number of carbonyl (C=O) groups excluding carboxylic acids is 1. The number of rotatable bonds is 3. The van der Waals surface area contributed by atoms with Crippen LogP contribution in [0.5, 0.6) is 5.75 Å². The summed E-state index contributed by atoms with van der Waals surface area (Å²) in [7, 11) is 1.35. The van der Waals surface area contributed by atoms with Crippen molar-refractivity contribution in [3.05, 3.63) is 47.3 Å². The number of esters is 1. The van der Waals surface area contributed by atoms with Gasteiger partial charge in [0, 0.05) is 18.3 Å². The maximum atomic E-state index is 13.1. The molecule has 27 heavy (non-hydrogen) atoms. The zero-order valence-corrected chi connectivity index (χ0v) is 15.4. The number of pyridine rings is 1. The minimum atomic E-state index is -0.410. The SMILES string of the molecule is COC(=O)c1ccc(N2CCOc3cc([N+]4([O-])CCCCC4)ccc32)nc1. The van der Waals surface area contributed by atoms with Crippen molar-refractivity contribution in [2.45, 2.75) is 19.3 Å². The van der Waals surface area contributed by atoms with Crippen molar-refractivity contribution in [3.63, 3.8) is 0 Å². The molecule has 0 unspecified atom stereocenters. The molecule has 1 saturated heterocycles. The molecule has 0 atom stereocenters. The predicted octanol–water partition coefficient (Wildman–Crippen LogP) is 3.39. The van der Waals surface area contributed by atoms with Crippen molar-refractivity contribution in [2.75, 3.05) is 38.3 Å². The maximum absolute atomic E-state index is 13.1. The van der Waals surface area contributed by atoms with E-state index in [0.717, 1.165) is 36.5 Å². The number of ether oxygens (including phenoxy) is 2. The Hall–Kier alpha value is -2.64. The largest absolute Gasteiger partial charge is 0.627 e. The molecular formula is C20H23N3O4. The fourth-order valence-electron chi connectivity index (χ4n) is 3.77. The van der Waals surface area contributed by atoms with Crippen LogP contribution >= 0.6 is 0 Å². The number of carbonyl (C=O) groups is 1. The number of aromatic nitrogens is 1. The average Bonchev–Trinajstić information content (AvgIpc) is 2.73. The molecule has 1 aromatic carbocycles. The quantitative estimate of drug-likeness (QED) is 0.469. The van der Waals surface area contributed by atoms with Crippen LogP contribution < -0.4 is 14.3 Å². The minimum Gasteiger partial charge on any atom is -0.627 e. The fourth-order valence-corrected chi connectivity index (χ4v) is 3.77. The van der Waals surface area contributed by atoms with Gasteiger partial charge in [0.1, 0.15) is 23.9 Å². The van der Waals surface area contributed by atoms with E-state index in [1.807, 2.05) is 23.1 Å². The van der Waals surface area contributed by atoms with Gasteiger partial charge >= 0.3 is 5.97 Å². The van der Waals surface area contributed by atoms with Gasteiger partial charge in [0.05, 0.1) is 38.0 Å². The van der Waals surface area contributed by atoms with Gasteiger partial charge in [-0.2, -0.15) is 0 Å². The monoisotopic (exact) mass is 369 g/mol. The third-order valence-electron chi connectivity index (χ3n) is 5.26. The third-order valence-corrected chi connectivity index (χ3v) is 5.26. The molecule has 2 aromatic rings. The van der Waals surface area contributed by atoms with Gasteiger partial charge in [-0.3, -0.25) is 0 Å². The number of fused-ring (bicyclic) bond motifs is 1. The molecule has 2 aliphatic heterocycles. The van der Waals surface area contributed by atoms with Crippen LogP contribution in [0.1, 0.15) is 29.6 Å². The van der Waals surface area contributed by atoms with Gasteiger partial charge in [-0.15, -0.1) is 0 Å². The van der Waals surface area contributed by atoms with E-state index in [0.29, 0.717) is 37.6 Å². The molecule has 1 fully saturated rings. The first-order valence-corrected chi connectivity index (χ1v) is 9.28. The lowest BCUT2D eigenvalue weighted by Crippen LogP contribution is -2.47. The van der Waals surface area contributed by atoms with Crippen LogP contribution in [-0.4, -0.2) is 44.3 Å². The number of hydrogen-bond acceptors (Lipinski definition) is 6. The van der Waals surface area contributed by atoms with E-state index in [9.17, 15) is 10.0 Å². The second-order valence-electron chi connectivity index (χ2n) is 6.95. The number of piperidine rings is 1. The van der Waals surface area contributed by atoms with Crippen molar-refractivity contribution >= 4 is 23.2 Å². The van der Waals surface area contributed by atoms with Crippen LogP contribution in [0, 0.1) is 5.21 Å². The molecule has 0 radical (unpaired) electrons. The summed E-state index contributed by atoms with van der Waals surface area (Å²) in [5.74, 6) is 1.02. The summed E-state index contributed by atoms with van der Waals surface area (Å²) in [6.07, 6.45) is 4.56. The molecule has 0 saturated carbocycles. The van der Waals surface area contributed by atoms with Gasteiger partial charge in [-0.1, -0.05) is 0 Å². The topological polar surface area (TPSA) is 74.7 Å². The van der Waals surface area contributed by atoms with E-state index < -0.39 is 5.97 Å². The highest BCUT2D eigenvalue weighted by atomic mass is 16.5. The summed E-state index contributed by atoms with van der Waals surface area (Å²) in [4.78, 5) is 18.0. The summed E-state index contributed by atoms with van der Waals surface area (Å²) in [5.41, 5.74) is 2.05. The van der Waals surface area contributed by atoms with E-state index >= 15 is 0 Å². The molecule has 0 aliphatic carbocycles. The Morgan fingerprint density at radius 1 is 1.22 bits per heavy atom. The lowest BCUT2D eigenvalue weighted by Gasteiger charge is -2.45. The molecule has 142 valence electrons. The molecule has 0 spiro atoms. The van der Waals surface area contributed by atoms with Crippen LogP contribution in [0.2, 0.25) is 0 Å². The van der Waals surface area contributed by atoms with Gasteiger partial charge in [-0.25, -0.2) is 9.78 Å². The highest BCUT2D eigenvalue weighted by Gasteiger charge is 2.27. The number of quaternary nitrogens is 1. The lowest BCUT2D eigenvalue weighted by molar-refractivity contribution is 0.0600. The van der Waals surface area contributed by atoms with Crippen molar-refractivity contribution in [1.29, 1.82) is 0 Å². The highest BCUT2D eigenvalue weighted by Crippen LogP contribution is 2.40. The first-order valence-electron chi connectivity index (χ1n) is 9.28. The zero-order valence-electron chi connectivity index (χ0n) is 15.4. The molecule has 1 aromatic heterocycles. The van der Waals surface area contributed by atoms with E-state index in [1.54, 1.807) is 12.1 Å². The first-order chi connectivity index (χ1) is 13.1. The molecule has 4 rings (SSSR count). The average molecular weight is 369 g/mol. The molecule has 2 aliphatic rings. The van der Waals surface area contributed by atoms with E-state index in [1.165, 1.54) is 13.3 Å². The fraction of sp³-hybridized carbons (Fsp3) is 0.400. The van der Waals surface area contributed by atoms with Crippen molar-refractivity contribution in [1.82, 2.24) is 9.63 Å². The molecule has 0 N–H and O–H groups in total. The smallest absolute Gasteiger partial charge is 0.339 e. The Kier molecular flexibility index (Phi) is 4.72. The Morgan fingerprint density at radius 3 is 2.74 bits per heavy atom. The zero-order chi connectivity index (χ0) is 18.9. The van der Waals surface area contributed by atoms with Crippen LogP contribution in [0.15, 0.2) is 36.5 Å². The summed E-state index contributed by atoms with van der Waals surface area (Å²) >= 11 is 0. The Bertz CT molecular complexity index is 832. The molecule has 0 bridgehead atoms.